The molecule has 1 atom stereocenters. The van der Waals surface area contributed by atoms with E-state index < -0.39 is 22.1 Å². The van der Waals surface area contributed by atoms with E-state index in [2.05, 4.69) is 37.0 Å². The van der Waals surface area contributed by atoms with Gasteiger partial charge in [-0.2, -0.15) is 5.10 Å². The molecule has 1 aliphatic heterocycles. The van der Waals surface area contributed by atoms with Gasteiger partial charge in [0.2, 0.25) is 0 Å². The van der Waals surface area contributed by atoms with Gasteiger partial charge in [-0.25, -0.2) is 14.3 Å². The molecule has 1 aliphatic carbocycles. The first-order valence-electron chi connectivity index (χ1n) is 12.5. The van der Waals surface area contributed by atoms with E-state index >= 15 is 0 Å². The second-order valence-corrected chi connectivity index (χ2v) is 13.3. The number of carbonyl (C=O) groups excluding carboxylic acids is 1. The maximum atomic E-state index is 13.1. The third kappa shape index (κ3) is 4.66. The molecule has 5 rings (SSSR count). The average Bonchev–Trinajstić information content (AvgIpc) is 3.42. The predicted molar refractivity (Wildman–Crippen MR) is 148 cm³/mol. The van der Waals surface area contributed by atoms with Crippen molar-refractivity contribution in [3.63, 3.8) is 0 Å². The summed E-state index contributed by atoms with van der Waals surface area (Å²) in [6, 6.07) is 5.71. The van der Waals surface area contributed by atoms with Gasteiger partial charge < -0.3 is 14.2 Å². The van der Waals surface area contributed by atoms with E-state index in [0.29, 0.717) is 4.60 Å². The van der Waals surface area contributed by atoms with Gasteiger partial charge in [0.05, 0.1) is 18.0 Å². The van der Waals surface area contributed by atoms with Crippen LogP contribution in [0.15, 0.2) is 33.4 Å². The number of halogens is 1. The molecule has 0 N–H and O–H groups in total. The summed E-state index contributed by atoms with van der Waals surface area (Å²) < 4.78 is 25.1. The standard InChI is InChI=1S/C26H31BrN6O3S/c1-6-36-24(34)18-14-20-23(29-16(2)22(27)33(20)30-18)32-12-9-26(10-13-32)15-19-17(8-7-11-28-19)21(26)31-37(35)25(3,4)5/h7-8,11,14H,6,9-10,12-13,15H2,1-5H3. The van der Waals surface area contributed by atoms with Crippen LogP contribution in [0, 0.1) is 12.3 Å². The van der Waals surface area contributed by atoms with Crippen molar-refractivity contribution in [1.82, 2.24) is 19.6 Å². The average molecular weight is 588 g/mol. The van der Waals surface area contributed by atoms with Gasteiger partial charge in [-0.3, -0.25) is 4.98 Å². The SMILES string of the molecule is CCOC(=O)c1cc2c(N3CCC4(CC3)Cc3ncccc3C4=N[S+]([O-])C(C)(C)C)nc(C)c(Br)n2n1. The number of rotatable bonds is 4. The lowest BCUT2D eigenvalue weighted by atomic mass is 9.75. The molecule has 9 nitrogen and oxygen atoms in total. The smallest absolute Gasteiger partial charge is 0.358 e. The van der Waals surface area contributed by atoms with Gasteiger partial charge in [-0.05, 0) is 75.5 Å². The van der Waals surface area contributed by atoms with Gasteiger partial charge >= 0.3 is 5.97 Å². The lowest BCUT2D eigenvalue weighted by Gasteiger charge is -2.40. The summed E-state index contributed by atoms with van der Waals surface area (Å²) in [5, 5.41) is 4.48. The van der Waals surface area contributed by atoms with E-state index in [1.807, 2.05) is 40.0 Å². The zero-order chi connectivity index (χ0) is 26.5. The number of hydrogen-bond acceptors (Lipinski definition) is 8. The van der Waals surface area contributed by atoms with E-state index in [0.717, 1.165) is 66.3 Å². The topological polar surface area (TPSA) is 108 Å². The first-order chi connectivity index (χ1) is 17.5. The van der Waals surface area contributed by atoms with E-state index in [1.165, 1.54) is 0 Å². The van der Waals surface area contributed by atoms with Gasteiger partial charge in [0.15, 0.2) is 11.5 Å². The molecule has 1 spiro atoms. The molecule has 0 saturated carbocycles. The van der Waals surface area contributed by atoms with Gasteiger partial charge in [-0.15, -0.1) is 0 Å². The Bertz CT molecular complexity index is 1390. The highest BCUT2D eigenvalue weighted by atomic mass is 79.9. The highest BCUT2D eigenvalue weighted by Crippen LogP contribution is 2.46. The summed E-state index contributed by atoms with van der Waals surface area (Å²) in [5.41, 5.74) is 4.52. The molecule has 1 unspecified atom stereocenters. The normalized spacial score (nSPS) is 19.0. The summed E-state index contributed by atoms with van der Waals surface area (Å²) >= 11 is 2.21. The first-order valence-corrected chi connectivity index (χ1v) is 14.4. The molecular formula is C26H31BrN6O3S. The fraction of sp³-hybridized carbons (Fsp3) is 0.500. The third-order valence-electron chi connectivity index (χ3n) is 7.05. The Morgan fingerprint density at radius 3 is 2.73 bits per heavy atom. The number of anilines is 1. The second-order valence-electron chi connectivity index (χ2n) is 10.6. The maximum absolute atomic E-state index is 13.1. The molecule has 0 bridgehead atoms. The van der Waals surface area contributed by atoms with Crippen LogP contribution in [0.2, 0.25) is 0 Å². The monoisotopic (exact) mass is 586 g/mol. The van der Waals surface area contributed by atoms with E-state index in [-0.39, 0.29) is 17.7 Å². The third-order valence-corrected chi connectivity index (χ3v) is 9.36. The van der Waals surface area contributed by atoms with Gasteiger partial charge in [0, 0.05) is 42.8 Å². The Labute approximate surface area is 228 Å². The molecule has 1 saturated heterocycles. The van der Waals surface area contributed by atoms with Crippen LogP contribution in [0.3, 0.4) is 0 Å². The molecule has 3 aromatic heterocycles. The molecule has 0 radical (unpaired) electrons. The zero-order valence-corrected chi connectivity index (χ0v) is 24.1. The van der Waals surface area contributed by atoms with Crippen molar-refractivity contribution >= 4 is 50.3 Å². The molecule has 4 heterocycles. The van der Waals surface area contributed by atoms with Crippen molar-refractivity contribution in [1.29, 1.82) is 0 Å². The van der Waals surface area contributed by atoms with E-state index in [4.69, 9.17) is 14.1 Å². The second kappa shape index (κ2) is 9.67. The van der Waals surface area contributed by atoms with Crippen LogP contribution in [0.25, 0.3) is 5.52 Å². The summed E-state index contributed by atoms with van der Waals surface area (Å²) in [5.74, 6) is 0.326. The number of carbonyl (C=O) groups is 1. The number of aryl methyl sites for hydroxylation is 1. The summed E-state index contributed by atoms with van der Waals surface area (Å²) in [6.07, 6.45) is 4.26. The number of aromatic nitrogens is 4. The van der Waals surface area contributed by atoms with Crippen LogP contribution < -0.4 is 4.90 Å². The number of fused-ring (bicyclic) bond motifs is 2. The van der Waals surface area contributed by atoms with Crippen LogP contribution in [0.5, 0.6) is 0 Å². The lowest BCUT2D eigenvalue weighted by molar-refractivity contribution is 0.0519. The van der Waals surface area contributed by atoms with E-state index in [9.17, 15) is 9.35 Å². The van der Waals surface area contributed by atoms with E-state index in [1.54, 1.807) is 17.5 Å². The summed E-state index contributed by atoms with van der Waals surface area (Å²) in [7, 11) is 0. The van der Waals surface area contributed by atoms with Crippen LogP contribution in [0.1, 0.15) is 68.0 Å². The van der Waals surface area contributed by atoms with Gasteiger partial charge in [0.25, 0.3) is 0 Å². The Morgan fingerprint density at radius 1 is 1.32 bits per heavy atom. The Hall–Kier alpha value is -2.50. The maximum Gasteiger partial charge on any atom is 0.358 e. The van der Waals surface area contributed by atoms with Crippen molar-refractivity contribution in [2.45, 2.75) is 58.6 Å². The van der Waals surface area contributed by atoms with Crippen molar-refractivity contribution in [2.75, 3.05) is 24.6 Å². The van der Waals surface area contributed by atoms with Gasteiger partial charge in [-0.1, -0.05) is 4.40 Å². The molecule has 0 amide bonds. The molecule has 11 heteroatoms. The largest absolute Gasteiger partial charge is 0.591 e. The van der Waals surface area contributed by atoms with Crippen LogP contribution in [0.4, 0.5) is 5.82 Å². The quantitative estimate of drug-likeness (QED) is 0.328. The van der Waals surface area contributed by atoms with Crippen molar-refractivity contribution in [3.8, 4) is 0 Å². The minimum absolute atomic E-state index is 0.217. The zero-order valence-electron chi connectivity index (χ0n) is 21.7. The number of ether oxygens (including phenoxy) is 1. The molecule has 2 aliphatic rings. The summed E-state index contributed by atoms with van der Waals surface area (Å²) in [4.78, 5) is 24.1. The lowest BCUT2D eigenvalue weighted by Crippen LogP contribution is -2.44. The minimum Gasteiger partial charge on any atom is -0.591 e. The molecule has 0 aromatic carbocycles. The Morgan fingerprint density at radius 2 is 2.05 bits per heavy atom. The van der Waals surface area contributed by atoms with Crippen molar-refractivity contribution in [3.05, 3.63) is 51.6 Å². The van der Waals surface area contributed by atoms with Crippen LogP contribution in [-0.2, 0) is 22.5 Å². The molecule has 3 aromatic rings. The molecular weight excluding hydrogens is 556 g/mol. The number of pyridine rings is 1. The van der Waals surface area contributed by atoms with Gasteiger partial charge in [0.1, 0.15) is 31.9 Å². The fourth-order valence-corrected chi connectivity index (χ4v) is 6.14. The minimum atomic E-state index is -1.36. The molecule has 196 valence electrons. The first kappa shape index (κ1) is 26.1. The summed E-state index contributed by atoms with van der Waals surface area (Å²) in [6.45, 7) is 11.3. The molecule has 1 fully saturated rings. The Balaban J connectivity index is 1.48. The van der Waals surface area contributed by atoms with Crippen molar-refractivity contribution in [2.24, 2.45) is 9.81 Å². The van der Waals surface area contributed by atoms with Crippen LogP contribution in [-0.4, -0.2) is 60.3 Å². The Kier molecular flexibility index (Phi) is 6.82. The van der Waals surface area contributed by atoms with Crippen molar-refractivity contribution < 1.29 is 14.1 Å². The highest BCUT2D eigenvalue weighted by molar-refractivity contribution is 9.10. The highest BCUT2D eigenvalue weighted by Gasteiger charge is 2.48. The molecule has 37 heavy (non-hydrogen) atoms. The number of esters is 1. The number of nitrogens with zero attached hydrogens (tertiary/aromatic N) is 6. The number of piperidine rings is 1. The predicted octanol–water partition coefficient (Wildman–Crippen LogP) is 4.47. The number of hydrogen-bond donors (Lipinski definition) is 0. The fourth-order valence-electron chi connectivity index (χ4n) is 5.05. The van der Waals surface area contributed by atoms with Crippen LogP contribution >= 0.6 is 15.9 Å².